The minimum Gasteiger partial charge on any atom is -1.00 e. The molecule has 59 heavy (non-hydrogen) atoms. The Kier molecular flexibility index (Phi) is 42.6. The molecule has 0 aromatic heterocycles. The van der Waals surface area contributed by atoms with Gasteiger partial charge in [-0.05, 0) is 111 Å². The summed E-state index contributed by atoms with van der Waals surface area (Å²) in [6.07, 6.45) is 10.4. The van der Waals surface area contributed by atoms with Gasteiger partial charge in [-0.15, -0.1) is 11.6 Å². The quantitative estimate of drug-likeness (QED) is 0.0182. The second-order valence-electron chi connectivity index (χ2n) is 11.4. The van der Waals surface area contributed by atoms with Crippen LogP contribution < -0.4 is 148 Å². The Balaban J connectivity index is -0.000000816. The fourth-order valence-corrected chi connectivity index (χ4v) is 4.30. The van der Waals surface area contributed by atoms with Gasteiger partial charge in [0.1, 0.15) is 11.5 Å². The molecule has 0 saturated heterocycles. The van der Waals surface area contributed by atoms with Crippen LogP contribution in [0, 0.1) is 0 Å². The van der Waals surface area contributed by atoms with Gasteiger partial charge in [-0.1, -0.05) is 62.4 Å². The van der Waals surface area contributed by atoms with Gasteiger partial charge in [-0.3, -0.25) is 4.79 Å². The molecule has 0 amide bonds. The number of halogens is 1. The maximum atomic E-state index is 10.9. The van der Waals surface area contributed by atoms with Crippen LogP contribution in [-0.2, 0) is 28.7 Å². The molecule has 0 unspecified atom stereocenters. The van der Waals surface area contributed by atoms with Crippen LogP contribution in [-0.4, -0.2) is 49.2 Å². The number of phenolic OH excluding ortho intramolecular Hbond substituents is 1. The van der Waals surface area contributed by atoms with Crippen molar-refractivity contribution in [3.05, 3.63) is 135 Å². The Bertz CT molecular complexity index is 1730. The maximum Gasteiger partial charge on any atom is 1.00 e. The summed E-state index contributed by atoms with van der Waals surface area (Å²) >= 11 is 5.49. The van der Waals surface area contributed by atoms with Gasteiger partial charge in [-0.25, -0.2) is 9.59 Å². The molecule has 4 rings (SSSR count). The van der Waals surface area contributed by atoms with Crippen molar-refractivity contribution in [1.29, 1.82) is 0 Å². The number of hydrogen-bond acceptors (Lipinski definition) is 13. The molecule has 0 aliphatic rings. The normalized spacial score (nSPS) is 9.66. The summed E-state index contributed by atoms with van der Waals surface area (Å²) in [7, 11) is 0. The number of carbonyl (C=O) groups is 3. The summed E-state index contributed by atoms with van der Waals surface area (Å²) in [5, 5.41) is 34.0. The number of unbranched alkanes of at least 4 members (excludes halogenated alkanes) is 6. The largest absolute Gasteiger partial charge is 1.00 e. The average Bonchev–Trinajstić information content (AvgIpc) is 3.26. The van der Waals surface area contributed by atoms with E-state index in [0.29, 0.717) is 25.7 Å². The smallest absolute Gasteiger partial charge is 1.00 e. The van der Waals surface area contributed by atoms with E-state index >= 15 is 0 Å². The second-order valence-corrected chi connectivity index (χ2v) is 11.8. The van der Waals surface area contributed by atoms with Crippen LogP contribution in [0.5, 0.6) is 11.5 Å². The number of carbonyl (C=O) groups excluding carboxylic acids is 3. The first-order chi connectivity index (χ1) is 27.8. The summed E-state index contributed by atoms with van der Waals surface area (Å²) in [5.41, 5.74) is 3.14. The maximum absolute atomic E-state index is 10.9. The summed E-state index contributed by atoms with van der Waals surface area (Å²) in [4.78, 5) is 32.7. The number of alkyl halides is 1. The van der Waals surface area contributed by atoms with Gasteiger partial charge in [0.05, 0.1) is 42.6 Å². The molecule has 0 aliphatic heterocycles. The first kappa shape index (κ1) is 59.0. The number of benzene rings is 4. The van der Waals surface area contributed by atoms with E-state index in [9.17, 15) is 9.59 Å². The number of nitrogens with zero attached hydrogens (tertiary/aromatic N) is 4. The monoisotopic (exact) mass is 1070 g/mol. The number of aromatic hydroxyl groups is 1. The summed E-state index contributed by atoms with van der Waals surface area (Å²) < 4.78 is 15.4. The standard InChI is InChI=1S/C21H24N2O3.C12H10N2O.C9H15ClO2.CH2O3.2Cs.H/c1-2-21(24)26-17-9-4-3-8-16-25-20-14-12-19(13-15-20)23-22-18-10-6-5-7-11-18;15-12-8-6-11(7-9-12)14-13-10-4-2-1-3-5-10;1-2-9(11)12-8-6-4-3-5-7-10;2-1-4-3;;;/h2,5-7,10-15H,1,3-4,8-9,16-17H2;1-9,15H;2H,1,3-8H2;1,3H;;;/q;;;;2*+1;-1/p-1. The van der Waals surface area contributed by atoms with Crippen molar-refractivity contribution in [3.8, 4) is 11.5 Å². The molecule has 0 spiro atoms. The van der Waals surface area contributed by atoms with Gasteiger partial charge in [0.15, 0.2) is 0 Å². The predicted molar refractivity (Wildman–Crippen MR) is 220 cm³/mol. The number of hydrogen-bond donors (Lipinski definition) is 1. The third kappa shape index (κ3) is 35.2. The summed E-state index contributed by atoms with van der Waals surface area (Å²) in [6.45, 7) is 8.08. The van der Waals surface area contributed by atoms with E-state index in [1.165, 1.54) is 12.2 Å². The molecule has 306 valence electrons. The van der Waals surface area contributed by atoms with Crippen LogP contribution in [0.2, 0.25) is 0 Å². The van der Waals surface area contributed by atoms with Gasteiger partial charge < -0.3 is 30.9 Å². The molecule has 0 saturated carbocycles. The SMILES string of the molecule is C=CC(=O)OCCCCCCCl.C=CC(=O)OCCCCCCOc1ccc(N=Nc2ccccc2)cc1.O=CO[O-].Oc1ccc(N=Nc2ccccc2)cc1.[Cs+].[Cs+].[H-]. The zero-order valence-electron chi connectivity index (χ0n) is 34.9. The Labute approximate surface area is 471 Å². The third-order valence-corrected chi connectivity index (χ3v) is 7.22. The molecule has 0 aliphatic carbocycles. The van der Waals surface area contributed by atoms with Gasteiger partial charge in [0.25, 0.3) is 6.47 Å². The molecule has 13 nitrogen and oxygen atoms in total. The minimum absolute atomic E-state index is 0. The van der Waals surface area contributed by atoms with Gasteiger partial charge >= 0.3 is 150 Å². The Morgan fingerprint density at radius 3 is 1.32 bits per heavy atom. The fourth-order valence-electron chi connectivity index (χ4n) is 4.11. The third-order valence-electron chi connectivity index (χ3n) is 6.96. The fraction of sp³-hybridized carbons (Fsp3) is 0.279. The van der Waals surface area contributed by atoms with Crippen LogP contribution in [0.3, 0.4) is 0 Å². The van der Waals surface area contributed by atoms with E-state index in [1.54, 1.807) is 24.3 Å². The number of azo groups is 2. The number of phenols is 1. The zero-order chi connectivity index (χ0) is 41.6. The number of rotatable bonds is 21. The van der Waals surface area contributed by atoms with Crippen molar-refractivity contribution in [2.24, 2.45) is 20.5 Å². The van der Waals surface area contributed by atoms with Crippen molar-refractivity contribution in [3.63, 3.8) is 0 Å². The van der Waals surface area contributed by atoms with Crippen LogP contribution in [0.15, 0.2) is 155 Å². The Hall–Kier alpha value is -2.08. The van der Waals surface area contributed by atoms with E-state index in [-0.39, 0.29) is 163 Å². The molecule has 0 atom stereocenters. The molecule has 0 bridgehead atoms. The molecule has 1 N–H and O–H groups in total. The van der Waals surface area contributed by atoms with Crippen molar-refractivity contribution in [2.45, 2.75) is 51.4 Å². The number of ether oxygens (including phenoxy) is 3. The van der Waals surface area contributed by atoms with Crippen molar-refractivity contribution >= 4 is 52.8 Å². The van der Waals surface area contributed by atoms with Crippen LogP contribution >= 0.6 is 11.6 Å². The molecule has 16 heteroatoms. The predicted octanol–water partition coefficient (Wildman–Crippen LogP) is 4.65. The van der Waals surface area contributed by atoms with Crippen LogP contribution in [0.25, 0.3) is 0 Å². The molecule has 0 fully saturated rings. The molecular formula is C43H51ClCs2N4O9. The van der Waals surface area contributed by atoms with Crippen molar-refractivity contribution in [2.75, 3.05) is 25.7 Å². The number of esters is 2. The Morgan fingerprint density at radius 2 is 0.949 bits per heavy atom. The topological polar surface area (TPSA) is 181 Å². The van der Waals surface area contributed by atoms with Crippen molar-refractivity contribution < 1.29 is 183 Å². The van der Waals surface area contributed by atoms with E-state index in [1.807, 2.05) is 84.9 Å². The zero-order valence-corrected chi connectivity index (χ0v) is 47.2. The molecule has 0 heterocycles. The summed E-state index contributed by atoms with van der Waals surface area (Å²) in [6, 6.07) is 33.3. The second kappa shape index (κ2) is 42.6. The first-order valence-electron chi connectivity index (χ1n) is 18.2. The Morgan fingerprint density at radius 1 is 0.593 bits per heavy atom. The molecule has 4 aromatic rings. The van der Waals surface area contributed by atoms with E-state index in [0.717, 1.165) is 79.9 Å². The summed E-state index contributed by atoms with van der Waals surface area (Å²) in [5.74, 6) is 1.07. The van der Waals surface area contributed by atoms with Crippen LogP contribution in [0.4, 0.5) is 22.7 Å². The van der Waals surface area contributed by atoms with Crippen LogP contribution in [0.1, 0.15) is 52.8 Å². The van der Waals surface area contributed by atoms with E-state index < -0.39 is 0 Å². The minimum atomic E-state index is -0.361. The van der Waals surface area contributed by atoms with Gasteiger partial charge in [0.2, 0.25) is 0 Å². The van der Waals surface area contributed by atoms with E-state index in [4.69, 9.17) is 41.0 Å². The molecule has 0 radical (unpaired) electrons. The van der Waals surface area contributed by atoms with Crippen molar-refractivity contribution in [1.82, 2.24) is 0 Å². The van der Waals surface area contributed by atoms with Gasteiger partial charge in [0, 0.05) is 18.0 Å². The van der Waals surface area contributed by atoms with E-state index in [2.05, 4.69) is 38.5 Å². The average molecular weight is 1070 g/mol. The van der Waals surface area contributed by atoms with Gasteiger partial charge in [-0.2, -0.15) is 20.5 Å². The molecule has 4 aromatic carbocycles. The molecular weight excluding hydrogens is 1020 g/mol. The first-order valence-corrected chi connectivity index (χ1v) is 18.7.